The molecule has 23 heavy (non-hydrogen) atoms. The smallest absolute Gasteiger partial charge is 0.237 e. The molecule has 5 heteroatoms. The molecular formula is C18H30N4O. The van der Waals surface area contributed by atoms with E-state index in [4.69, 9.17) is 0 Å². The van der Waals surface area contributed by atoms with E-state index in [0.29, 0.717) is 5.92 Å². The molecule has 2 heterocycles. The fourth-order valence-electron chi connectivity index (χ4n) is 4.09. The lowest BCUT2D eigenvalue weighted by Gasteiger charge is -2.26. The number of aryl methyl sites for hydroxylation is 2. The van der Waals surface area contributed by atoms with Crippen molar-refractivity contribution in [3.05, 3.63) is 17.5 Å². The van der Waals surface area contributed by atoms with Gasteiger partial charge in [-0.3, -0.25) is 14.4 Å². The Hall–Kier alpha value is -1.36. The van der Waals surface area contributed by atoms with Crippen molar-refractivity contribution >= 4 is 5.91 Å². The van der Waals surface area contributed by atoms with E-state index in [0.717, 1.165) is 38.2 Å². The normalized spacial score (nSPS) is 23.3. The number of hydrogen-bond donors (Lipinski definition) is 1. The molecule has 0 spiro atoms. The average molecular weight is 318 g/mol. The molecule has 0 aromatic carbocycles. The summed E-state index contributed by atoms with van der Waals surface area (Å²) in [5.74, 6) is 0.928. The zero-order chi connectivity index (χ0) is 16.2. The summed E-state index contributed by atoms with van der Waals surface area (Å²) in [7, 11) is 1.95. The van der Waals surface area contributed by atoms with Gasteiger partial charge in [0, 0.05) is 31.9 Å². The molecule has 1 saturated carbocycles. The van der Waals surface area contributed by atoms with Crippen LogP contribution in [0.3, 0.4) is 0 Å². The molecule has 0 unspecified atom stereocenters. The van der Waals surface area contributed by atoms with Crippen molar-refractivity contribution in [2.24, 2.45) is 13.0 Å². The minimum atomic E-state index is 0.0400. The summed E-state index contributed by atoms with van der Waals surface area (Å²) >= 11 is 0. The lowest BCUT2D eigenvalue weighted by Crippen LogP contribution is -2.44. The zero-order valence-electron chi connectivity index (χ0n) is 14.6. The van der Waals surface area contributed by atoms with Crippen LogP contribution in [0.5, 0.6) is 0 Å². The number of amides is 1. The van der Waals surface area contributed by atoms with Crippen LogP contribution in [-0.2, 0) is 18.4 Å². The predicted octanol–water partition coefficient (Wildman–Crippen LogP) is 2.39. The minimum Gasteiger partial charge on any atom is -0.354 e. The predicted molar refractivity (Wildman–Crippen MR) is 91.0 cm³/mol. The maximum atomic E-state index is 12.6. The van der Waals surface area contributed by atoms with Gasteiger partial charge in [-0.1, -0.05) is 19.3 Å². The van der Waals surface area contributed by atoms with Gasteiger partial charge in [0.15, 0.2) is 0 Å². The van der Waals surface area contributed by atoms with E-state index in [1.54, 1.807) is 0 Å². The van der Waals surface area contributed by atoms with Crippen LogP contribution in [0.4, 0.5) is 0 Å². The maximum absolute atomic E-state index is 12.6. The maximum Gasteiger partial charge on any atom is 0.237 e. The van der Waals surface area contributed by atoms with Crippen LogP contribution in [0, 0.1) is 12.8 Å². The van der Waals surface area contributed by atoms with E-state index in [2.05, 4.69) is 21.5 Å². The van der Waals surface area contributed by atoms with Gasteiger partial charge in [-0.05, 0) is 45.1 Å². The third kappa shape index (κ3) is 4.14. The van der Waals surface area contributed by atoms with Crippen molar-refractivity contribution in [3.8, 4) is 0 Å². The minimum absolute atomic E-state index is 0.0400. The van der Waals surface area contributed by atoms with Gasteiger partial charge in [-0.15, -0.1) is 0 Å². The van der Waals surface area contributed by atoms with Gasteiger partial charge >= 0.3 is 0 Å². The Balaban J connectivity index is 1.53. The van der Waals surface area contributed by atoms with Gasteiger partial charge in [-0.25, -0.2) is 0 Å². The molecule has 1 aromatic rings. The van der Waals surface area contributed by atoms with E-state index >= 15 is 0 Å². The zero-order valence-corrected chi connectivity index (χ0v) is 14.6. The Kier molecular flexibility index (Phi) is 5.36. The fraction of sp³-hybridized carbons (Fsp3) is 0.778. The summed E-state index contributed by atoms with van der Waals surface area (Å²) in [5, 5.41) is 7.64. The second-order valence-electron chi connectivity index (χ2n) is 7.29. The number of nitrogens with one attached hydrogen (secondary N) is 1. The Morgan fingerprint density at radius 3 is 2.74 bits per heavy atom. The fourth-order valence-corrected chi connectivity index (χ4v) is 4.09. The van der Waals surface area contributed by atoms with Gasteiger partial charge in [0.1, 0.15) is 0 Å². The van der Waals surface area contributed by atoms with Crippen molar-refractivity contribution in [2.45, 2.75) is 64.5 Å². The Labute approximate surface area is 139 Å². The SMILES string of the molecule is Cc1nn(C)cc1CN1CCC[C@H]1C(=O)NCC1CCCCC1. The largest absolute Gasteiger partial charge is 0.354 e. The summed E-state index contributed by atoms with van der Waals surface area (Å²) < 4.78 is 1.86. The van der Waals surface area contributed by atoms with Crippen LogP contribution in [-0.4, -0.2) is 39.7 Å². The standard InChI is InChI=1S/C18H30N4O/c1-14-16(12-21(2)20-14)13-22-10-6-9-17(22)18(23)19-11-15-7-4-3-5-8-15/h12,15,17H,3-11,13H2,1-2H3,(H,19,23)/t17-/m0/s1. The summed E-state index contributed by atoms with van der Waals surface area (Å²) in [6, 6.07) is 0.0400. The number of likely N-dealkylation sites (tertiary alicyclic amines) is 1. The third-order valence-corrected chi connectivity index (χ3v) is 5.44. The Morgan fingerprint density at radius 1 is 1.26 bits per heavy atom. The molecule has 5 nitrogen and oxygen atoms in total. The van der Waals surface area contributed by atoms with Crippen molar-refractivity contribution in [1.82, 2.24) is 20.0 Å². The number of carbonyl (C=O) groups excluding carboxylic acids is 1. The highest BCUT2D eigenvalue weighted by Gasteiger charge is 2.31. The summed E-state index contributed by atoms with van der Waals surface area (Å²) in [4.78, 5) is 14.9. The third-order valence-electron chi connectivity index (χ3n) is 5.44. The highest BCUT2D eigenvalue weighted by molar-refractivity contribution is 5.82. The molecule has 3 rings (SSSR count). The first kappa shape index (κ1) is 16.5. The Morgan fingerprint density at radius 2 is 2.04 bits per heavy atom. The molecule has 128 valence electrons. The first-order valence-electron chi connectivity index (χ1n) is 9.14. The van der Waals surface area contributed by atoms with Gasteiger partial charge < -0.3 is 5.32 Å². The first-order valence-corrected chi connectivity index (χ1v) is 9.14. The van der Waals surface area contributed by atoms with Gasteiger partial charge in [0.25, 0.3) is 0 Å². The molecule has 2 aliphatic rings. The van der Waals surface area contributed by atoms with E-state index in [1.165, 1.54) is 37.7 Å². The molecule has 1 aromatic heterocycles. The van der Waals surface area contributed by atoms with Crippen molar-refractivity contribution in [3.63, 3.8) is 0 Å². The second-order valence-corrected chi connectivity index (χ2v) is 7.29. The molecule has 2 fully saturated rings. The monoisotopic (exact) mass is 318 g/mol. The summed E-state index contributed by atoms with van der Waals surface area (Å²) in [6.45, 7) is 4.76. The molecule has 0 radical (unpaired) electrons. The topological polar surface area (TPSA) is 50.2 Å². The number of rotatable bonds is 5. The second kappa shape index (κ2) is 7.47. The number of hydrogen-bond acceptors (Lipinski definition) is 3. The number of aromatic nitrogens is 2. The van der Waals surface area contributed by atoms with Gasteiger partial charge in [0.05, 0.1) is 11.7 Å². The van der Waals surface area contributed by atoms with E-state index in [1.807, 2.05) is 18.7 Å². The van der Waals surface area contributed by atoms with Crippen LogP contribution in [0.2, 0.25) is 0 Å². The van der Waals surface area contributed by atoms with Crippen LogP contribution < -0.4 is 5.32 Å². The molecule has 1 aliphatic carbocycles. The van der Waals surface area contributed by atoms with Crippen LogP contribution >= 0.6 is 0 Å². The molecule has 1 N–H and O–H groups in total. The van der Waals surface area contributed by atoms with E-state index in [9.17, 15) is 4.79 Å². The van der Waals surface area contributed by atoms with Crippen molar-refractivity contribution in [1.29, 1.82) is 0 Å². The number of nitrogens with zero attached hydrogens (tertiary/aromatic N) is 3. The Bertz CT molecular complexity index is 533. The van der Waals surface area contributed by atoms with E-state index < -0.39 is 0 Å². The van der Waals surface area contributed by atoms with Crippen LogP contribution in [0.25, 0.3) is 0 Å². The molecule has 1 aliphatic heterocycles. The first-order chi connectivity index (χ1) is 11.1. The molecule has 1 saturated heterocycles. The summed E-state index contributed by atoms with van der Waals surface area (Å²) in [5.41, 5.74) is 2.31. The summed E-state index contributed by atoms with van der Waals surface area (Å²) in [6.07, 6.45) is 10.8. The highest BCUT2D eigenvalue weighted by atomic mass is 16.2. The molecule has 1 amide bonds. The lowest BCUT2D eigenvalue weighted by molar-refractivity contribution is -0.125. The molecule has 1 atom stereocenters. The molecular weight excluding hydrogens is 288 g/mol. The van der Waals surface area contributed by atoms with Crippen molar-refractivity contribution < 1.29 is 4.79 Å². The van der Waals surface area contributed by atoms with Crippen LogP contribution in [0.1, 0.15) is 56.2 Å². The van der Waals surface area contributed by atoms with Gasteiger partial charge in [-0.2, -0.15) is 5.10 Å². The van der Waals surface area contributed by atoms with Crippen LogP contribution in [0.15, 0.2) is 6.20 Å². The van der Waals surface area contributed by atoms with E-state index in [-0.39, 0.29) is 11.9 Å². The number of carbonyl (C=O) groups is 1. The lowest BCUT2D eigenvalue weighted by atomic mass is 9.89. The highest BCUT2D eigenvalue weighted by Crippen LogP contribution is 2.24. The van der Waals surface area contributed by atoms with Gasteiger partial charge in [0.2, 0.25) is 5.91 Å². The molecule has 0 bridgehead atoms. The quantitative estimate of drug-likeness (QED) is 0.907. The average Bonchev–Trinajstić information content (AvgIpc) is 3.13. The van der Waals surface area contributed by atoms with Crippen molar-refractivity contribution in [2.75, 3.05) is 13.1 Å².